The number of hydrogen-bond acceptors (Lipinski definition) is 3. The number of ether oxygens (including phenoxy) is 1. The van der Waals surface area contributed by atoms with E-state index in [1.165, 1.54) is 5.56 Å². The van der Waals surface area contributed by atoms with Crippen LogP contribution in [0.1, 0.15) is 39.5 Å². The molecule has 0 aliphatic carbocycles. The van der Waals surface area contributed by atoms with Gasteiger partial charge in [-0.3, -0.25) is 0 Å². The SMILES string of the molecule is CC(S)Cc1ccc(C2(c3ccccc3)OC(=O)c3ccccc32)cc1. The highest BCUT2D eigenvalue weighted by Gasteiger charge is 2.48. The summed E-state index contributed by atoms with van der Waals surface area (Å²) in [6.45, 7) is 2.08. The molecule has 0 radical (unpaired) electrons. The highest BCUT2D eigenvalue weighted by molar-refractivity contribution is 7.80. The monoisotopic (exact) mass is 360 g/mol. The predicted octanol–water partition coefficient (Wildman–Crippen LogP) is 5.01. The highest BCUT2D eigenvalue weighted by Crippen LogP contribution is 2.46. The van der Waals surface area contributed by atoms with Crippen LogP contribution in [0.25, 0.3) is 0 Å². The summed E-state index contributed by atoms with van der Waals surface area (Å²) in [6.07, 6.45) is 0.901. The van der Waals surface area contributed by atoms with E-state index >= 15 is 0 Å². The number of carbonyl (C=O) groups is 1. The van der Waals surface area contributed by atoms with Gasteiger partial charge in [-0.1, -0.05) is 79.7 Å². The summed E-state index contributed by atoms with van der Waals surface area (Å²) in [4.78, 5) is 12.6. The zero-order chi connectivity index (χ0) is 18.1. The molecular weight excluding hydrogens is 340 g/mol. The Hall–Kier alpha value is -2.52. The summed E-state index contributed by atoms with van der Waals surface area (Å²) in [6, 6.07) is 25.9. The summed E-state index contributed by atoms with van der Waals surface area (Å²) < 4.78 is 6.06. The van der Waals surface area contributed by atoms with Gasteiger partial charge in [-0.15, -0.1) is 0 Å². The standard InChI is InChI=1S/C23H20O2S/c1-16(26)15-17-11-13-19(14-12-17)23(18-7-3-2-4-8-18)21-10-6-5-9-20(21)22(24)25-23/h2-14,16,26H,15H2,1H3. The third-order valence-electron chi connectivity index (χ3n) is 4.84. The van der Waals surface area contributed by atoms with Gasteiger partial charge in [0.15, 0.2) is 5.60 Å². The number of hydrogen-bond donors (Lipinski definition) is 1. The molecule has 3 aromatic rings. The van der Waals surface area contributed by atoms with E-state index in [4.69, 9.17) is 4.74 Å². The molecule has 0 N–H and O–H groups in total. The topological polar surface area (TPSA) is 26.3 Å². The van der Waals surface area contributed by atoms with Gasteiger partial charge in [0.25, 0.3) is 0 Å². The second-order valence-electron chi connectivity index (χ2n) is 6.73. The molecule has 1 heterocycles. The van der Waals surface area contributed by atoms with Gasteiger partial charge < -0.3 is 4.74 Å². The smallest absolute Gasteiger partial charge is 0.340 e. The first kappa shape index (κ1) is 16.9. The first-order valence-corrected chi connectivity index (χ1v) is 9.29. The Morgan fingerprint density at radius 2 is 1.50 bits per heavy atom. The van der Waals surface area contributed by atoms with Crippen molar-refractivity contribution >= 4 is 18.6 Å². The van der Waals surface area contributed by atoms with Crippen LogP contribution in [-0.4, -0.2) is 11.2 Å². The maximum atomic E-state index is 12.6. The molecule has 0 spiro atoms. The van der Waals surface area contributed by atoms with Crippen molar-refractivity contribution in [3.05, 3.63) is 107 Å². The molecule has 0 bridgehead atoms. The van der Waals surface area contributed by atoms with Gasteiger partial charge >= 0.3 is 5.97 Å². The van der Waals surface area contributed by atoms with Gasteiger partial charge in [0.2, 0.25) is 0 Å². The molecular formula is C23H20O2S. The van der Waals surface area contributed by atoms with E-state index in [0.29, 0.717) is 10.8 Å². The van der Waals surface area contributed by atoms with E-state index in [9.17, 15) is 4.79 Å². The Labute approximate surface area is 159 Å². The highest BCUT2D eigenvalue weighted by atomic mass is 32.1. The van der Waals surface area contributed by atoms with Crippen molar-refractivity contribution in [2.75, 3.05) is 0 Å². The Bertz CT molecular complexity index is 932. The lowest BCUT2D eigenvalue weighted by Crippen LogP contribution is -2.29. The van der Waals surface area contributed by atoms with Crippen molar-refractivity contribution in [1.82, 2.24) is 0 Å². The van der Waals surface area contributed by atoms with Crippen molar-refractivity contribution in [3.8, 4) is 0 Å². The Morgan fingerprint density at radius 1 is 0.885 bits per heavy atom. The molecule has 26 heavy (non-hydrogen) atoms. The first-order valence-electron chi connectivity index (χ1n) is 8.77. The van der Waals surface area contributed by atoms with Crippen LogP contribution in [0.4, 0.5) is 0 Å². The minimum Gasteiger partial charge on any atom is -0.441 e. The summed E-state index contributed by atoms with van der Waals surface area (Å²) in [7, 11) is 0. The largest absolute Gasteiger partial charge is 0.441 e. The van der Waals surface area contributed by atoms with Crippen LogP contribution in [0.3, 0.4) is 0 Å². The van der Waals surface area contributed by atoms with Gasteiger partial charge in [0, 0.05) is 21.9 Å². The molecule has 1 aliphatic rings. The van der Waals surface area contributed by atoms with E-state index in [0.717, 1.165) is 23.1 Å². The van der Waals surface area contributed by atoms with Gasteiger partial charge in [0.1, 0.15) is 0 Å². The van der Waals surface area contributed by atoms with Crippen LogP contribution < -0.4 is 0 Å². The van der Waals surface area contributed by atoms with Gasteiger partial charge in [0.05, 0.1) is 5.56 Å². The fraction of sp³-hybridized carbons (Fsp3) is 0.174. The number of esters is 1. The minimum absolute atomic E-state index is 0.280. The molecule has 4 rings (SSSR count). The van der Waals surface area contributed by atoms with Crippen molar-refractivity contribution in [3.63, 3.8) is 0 Å². The van der Waals surface area contributed by atoms with Crippen LogP contribution in [0, 0.1) is 0 Å². The molecule has 1 aliphatic heterocycles. The lowest BCUT2D eigenvalue weighted by Gasteiger charge is -2.30. The second kappa shape index (κ2) is 6.65. The van der Waals surface area contributed by atoms with E-state index in [1.54, 1.807) is 0 Å². The molecule has 130 valence electrons. The third-order valence-corrected chi connectivity index (χ3v) is 5.03. The van der Waals surface area contributed by atoms with Crippen molar-refractivity contribution < 1.29 is 9.53 Å². The maximum absolute atomic E-state index is 12.6. The number of rotatable bonds is 4. The van der Waals surface area contributed by atoms with Crippen LogP contribution in [0.15, 0.2) is 78.9 Å². The Kier molecular flexibility index (Phi) is 4.33. The van der Waals surface area contributed by atoms with Gasteiger partial charge in [-0.2, -0.15) is 12.6 Å². The normalized spacial score (nSPS) is 19.7. The zero-order valence-corrected chi connectivity index (χ0v) is 15.4. The van der Waals surface area contributed by atoms with Crippen molar-refractivity contribution in [2.24, 2.45) is 0 Å². The minimum atomic E-state index is -0.903. The number of thiol groups is 1. The fourth-order valence-electron chi connectivity index (χ4n) is 3.70. The van der Waals surface area contributed by atoms with Gasteiger partial charge in [-0.25, -0.2) is 4.79 Å². The number of fused-ring (bicyclic) bond motifs is 1. The molecule has 2 atom stereocenters. The van der Waals surface area contributed by atoms with Crippen LogP contribution >= 0.6 is 12.6 Å². The molecule has 0 saturated carbocycles. The fourth-order valence-corrected chi connectivity index (χ4v) is 3.91. The predicted molar refractivity (Wildman–Crippen MR) is 107 cm³/mol. The first-order chi connectivity index (χ1) is 12.6. The molecule has 0 saturated heterocycles. The molecule has 0 fully saturated rings. The second-order valence-corrected chi connectivity index (χ2v) is 7.61. The lowest BCUT2D eigenvalue weighted by atomic mass is 9.79. The summed E-state index contributed by atoms with van der Waals surface area (Å²) in [5.74, 6) is -0.280. The third kappa shape index (κ3) is 2.73. The number of cyclic esters (lactones) is 1. The molecule has 2 unspecified atom stereocenters. The molecule has 0 amide bonds. The quantitative estimate of drug-likeness (QED) is 0.523. The van der Waals surface area contributed by atoms with E-state index in [1.807, 2.05) is 54.6 Å². The van der Waals surface area contributed by atoms with E-state index < -0.39 is 5.60 Å². The number of benzene rings is 3. The van der Waals surface area contributed by atoms with Crippen LogP contribution in [0.5, 0.6) is 0 Å². The maximum Gasteiger partial charge on any atom is 0.340 e. The molecule has 3 aromatic carbocycles. The summed E-state index contributed by atoms with van der Waals surface area (Å²) in [5, 5.41) is 0.300. The van der Waals surface area contributed by atoms with Gasteiger partial charge in [-0.05, 0) is 18.1 Å². The van der Waals surface area contributed by atoms with E-state index in [2.05, 4.69) is 43.8 Å². The average molecular weight is 360 g/mol. The molecule has 2 nitrogen and oxygen atoms in total. The Morgan fingerprint density at radius 3 is 2.19 bits per heavy atom. The van der Waals surface area contributed by atoms with Crippen LogP contribution in [-0.2, 0) is 16.8 Å². The lowest BCUT2D eigenvalue weighted by molar-refractivity contribution is 0.0251. The van der Waals surface area contributed by atoms with Crippen molar-refractivity contribution in [1.29, 1.82) is 0 Å². The number of carbonyl (C=O) groups excluding carboxylic acids is 1. The molecule has 0 aromatic heterocycles. The zero-order valence-electron chi connectivity index (χ0n) is 14.6. The van der Waals surface area contributed by atoms with Crippen LogP contribution in [0.2, 0.25) is 0 Å². The Balaban J connectivity index is 1.90. The van der Waals surface area contributed by atoms with E-state index in [-0.39, 0.29) is 5.97 Å². The van der Waals surface area contributed by atoms with Crippen molar-refractivity contribution in [2.45, 2.75) is 24.2 Å². The molecule has 3 heteroatoms. The summed E-state index contributed by atoms with van der Waals surface area (Å²) in [5.41, 5.74) is 3.75. The summed E-state index contributed by atoms with van der Waals surface area (Å²) >= 11 is 4.48. The average Bonchev–Trinajstić information content (AvgIpc) is 2.97.